The molecule has 1 saturated carbocycles. The first kappa shape index (κ1) is 16.4. The average Bonchev–Trinajstić information content (AvgIpc) is 2.43. The van der Waals surface area contributed by atoms with E-state index in [9.17, 15) is 22.3 Å². The fraction of sp³-hybridized carbons (Fsp3) is 0.600. The zero-order chi connectivity index (χ0) is 15.6. The van der Waals surface area contributed by atoms with Gasteiger partial charge >= 0.3 is 0 Å². The molecule has 1 fully saturated rings. The number of hydrogen-bond acceptors (Lipinski definition) is 3. The summed E-state index contributed by atoms with van der Waals surface area (Å²) >= 11 is 0. The number of sulfone groups is 1. The first-order chi connectivity index (χ1) is 9.79. The fourth-order valence-corrected chi connectivity index (χ4v) is 4.21. The number of aliphatic hydroxyl groups excluding tert-OH is 1. The van der Waals surface area contributed by atoms with Crippen LogP contribution in [0.1, 0.15) is 31.2 Å². The molecular weight excluding hydrogens is 298 g/mol. The Morgan fingerprint density at radius 1 is 1.33 bits per heavy atom. The van der Waals surface area contributed by atoms with Gasteiger partial charge in [0.05, 0.1) is 11.4 Å². The summed E-state index contributed by atoms with van der Waals surface area (Å²) in [6, 6.07) is 3.88. The second-order valence-electron chi connectivity index (χ2n) is 5.86. The van der Waals surface area contributed by atoms with Crippen molar-refractivity contribution in [1.29, 1.82) is 0 Å². The Bertz CT molecular complexity index is 601. The van der Waals surface area contributed by atoms with Crippen molar-refractivity contribution in [3.63, 3.8) is 0 Å². The Morgan fingerprint density at radius 3 is 2.71 bits per heavy atom. The number of aliphatic hydroxyl groups is 1. The van der Waals surface area contributed by atoms with E-state index in [1.807, 2.05) is 0 Å². The van der Waals surface area contributed by atoms with Gasteiger partial charge in [-0.1, -0.05) is 18.6 Å². The topological polar surface area (TPSA) is 54.4 Å². The highest BCUT2D eigenvalue weighted by molar-refractivity contribution is 7.91. The van der Waals surface area contributed by atoms with Crippen molar-refractivity contribution in [3.8, 4) is 0 Å². The van der Waals surface area contributed by atoms with E-state index in [4.69, 9.17) is 0 Å². The van der Waals surface area contributed by atoms with Crippen LogP contribution >= 0.6 is 0 Å². The Balaban J connectivity index is 2.06. The summed E-state index contributed by atoms with van der Waals surface area (Å²) in [6.45, 7) is 0. The van der Waals surface area contributed by atoms with Crippen molar-refractivity contribution in [2.75, 3.05) is 6.26 Å². The van der Waals surface area contributed by atoms with Crippen molar-refractivity contribution in [3.05, 3.63) is 35.4 Å². The highest BCUT2D eigenvalue weighted by Crippen LogP contribution is 2.32. The van der Waals surface area contributed by atoms with Crippen LogP contribution in [-0.2, 0) is 16.3 Å². The van der Waals surface area contributed by atoms with Gasteiger partial charge in [0.1, 0.15) is 9.84 Å². The average molecular weight is 318 g/mol. The molecule has 2 rings (SSSR count). The van der Waals surface area contributed by atoms with Crippen LogP contribution in [0.3, 0.4) is 0 Å². The highest BCUT2D eigenvalue weighted by atomic mass is 32.2. The van der Waals surface area contributed by atoms with Gasteiger partial charge in [-0.05, 0) is 36.8 Å². The lowest BCUT2D eigenvalue weighted by Gasteiger charge is -2.31. The lowest BCUT2D eigenvalue weighted by Crippen LogP contribution is -2.34. The molecule has 3 unspecified atom stereocenters. The summed E-state index contributed by atoms with van der Waals surface area (Å²) in [5, 5.41) is 9.80. The Morgan fingerprint density at radius 2 is 2.05 bits per heavy atom. The zero-order valence-corrected chi connectivity index (χ0v) is 12.7. The molecule has 3 nitrogen and oxygen atoms in total. The van der Waals surface area contributed by atoms with Gasteiger partial charge in [-0.2, -0.15) is 0 Å². The molecule has 118 valence electrons. The molecule has 3 atom stereocenters. The molecule has 1 aromatic rings. The minimum absolute atomic E-state index is 0.00470. The van der Waals surface area contributed by atoms with Gasteiger partial charge in [-0.25, -0.2) is 17.2 Å². The van der Waals surface area contributed by atoms with Gasteiger partial charge in [-0.15, -0.1) is 0 Å². The van der Waals surface area contributed by atoms with Crippen LogP contribution in [0, 0.1) is 17.6 Å². The number of benzene rings is 1. The Kier molecular flexibility index (Phi) is 4.99. The predicted octanol–water partition coefficient (Wildman–Crippen LogP) is 2.47. The van der Waals surface area contributed by atoms with Crippen molar-refractivity contribution >= 4 is 9.84 Å². The second kappa shape index (κ2) is 6.40. The third kappa shape index (κ3) is 4.01. The third-order valence-electron chi connectivity index (χ3n) is 4.28. The van der Waals surface area contributed by atoms with Crippen LogP contribution < -0.4 is 0 Å². The SMILES string of the molecule is CS(=O)(=O)C1CCCC(C(O)Cc2cccc(F)c2F)C1. The van der Waals surface area contributed by atoms with E-state index in [2.05, 4.69) is 0 Å². The van der Waals surface area contributed by atoms with Gasteiger partial charge < -0.3 is 5.11 Å². The first-order valence-electron chi connectivity index (χ1n) is 7.09. The number of rotatable bonds is 4. The largest absolute Gasteiger partial charge is 0.392 e. The minimum atomic E-state index is -3.13. The maximum Gasteiger partial charge on any atom is 0.162 e. The van der Waals surface area contributed by atoms with Crippen LogP contribution in [0.25, 0.3) is 0 Å². The molecule has 21 heavy (non-hydrogen) atoms. The van der Waals surface area contributed by atoms with E-state index in [0.29, 0.717) is 19.3 Å². The number of hydrogen-bond donors (Lipinski definition) is 1. The molecular formula is C15H20F2O3S. The normalized spacial score (nSPS) is 24.8. The van der Waals surface area contributed by atoms with E-state index < -0.39 is 32.8 Å². The van der Waals surface area contributed by atoms with Gasteiger partial charge in [0.25, 0.3) is 0 Å². The van der Waals surface area contributed by atoms with E-state index in [1.54, 1.807) is 0 Å². The minimum Gasteiger partial charge on any atom is -0.392 e. The van der Waals surface area contributed by atoms with Crippen LogP contribution in [0.4, 0.5) is 8.78 Å². The van der Waals surface area contributed by atoms with Crippen LogP contribution in [0.2, 0.25) is 0 Å². The van der Waals surface area contributed by atoms with Crippen molar-refractivity contribution in [1.82, 2.24) is 0 Å². The maximum atomic E-state index is 13.6. The summed E-state index contributed by atoms with van der Waals surface area (Å²) < 4.78 is 50.0. The highest BCUT2D eigenvalue weighted by Gasteiger charge is 2.32. The molecule has 0 aliphatic heterocycles. The predicted molar refractivity (Wildman–Crippen MR) is 76.7 cm³/mol. The summed E-state index contributed by atoms with van der Waals surface area (Å²) in [7, 11) is -3.13. The molecule has 0 bridgehead atoms. The fourth-order valence-electron chi connectivity index (χ4n) is 3.02. The molecule has 0 amide bonds. The van der Waals surface area contributed by atoms with E-state index in [0.717, 1.165) is 12.5 Å². The monoisotopic (exact) mass is 318 g/mol. The third-order valence-corrected chi connectivity index (χ3v) is 5.92. The van der Waals surface area contributed by atoms with E-state index in [-0.39, 0.29) is 17.9 Å². The molecule has 1 aromatic carbocycles. The maximum absolute atomic E-state index is 13.6. The van der Waals surface area contributed by atoms with Gasteiger partial charge in [0, 0.05) is 12.7 Å². The van der Waals surface area contributed by atoms with Gasteiger partial charge in [0.2, 0.25) is 0 Å². The number of halogens is 2. The van der Waals surface area contributed by atoms with Gasteiger partial charge in [-0.3, -0.25) is 0 Å². The molecule has 0 radical (unpaired) electrons. The van der Waals surface area contributed by atoms with Crippen molar-refractivity contribution < 1.29 is 22.3 Å². The summed E-state index contributed by atoms with van der Waals surface area (Å²) in [4.78, 5) is 0. The lowest BCUT2D eigenvalue weighted by molar-refractivity contribution is 0.0850. The molecule has 0 aromatic heterocycles. The molecule has 0 saturated heterocycles. The van der Waals surface area contributed by atoms with Crippen molar-refractivity contribution in [2.24, 2.45) is 5.92 Å². The van der Waals surface area contributed by atoms with Gasteiger partial charge in [0.15, 0.2) is 11.6 Å². The van der Waals surface area contributed by atoms with E-state index in [1.165, 1.54) is 18.4 Å². The van der Waals surface area contributed by atoms with E-state index >= 15 is 0 Å². The second-order valence-corrected chi connectivity index (χ2v) is 8.19. The van der Waals surface area contributed by atoms with Crippen LogP contribution in [-0.4, -0.2) is 31.1 Å². The standard InChI is InChI=1S/C15H20F2O3S/c1-21(19,20)12-6-2-4-10(8-12)14(18)9-11-5-3-7-13(16)15(11)17/h3,5,7,10,12,14,18H,2,4,6,8-9H2,1H3. The summed E-state index contributed by atoms with van der Waals surface area (Å²) in [6.07, 6.45) is 2.79. The quantitative estimate of drug-likeness (QED) is 0.928. The molecule has 1 N–H and O–H groups in total. The van der Waals surface area contributed by atoms with Crippen LogP contribution in [0.15, 0.2) is 18.2 Å². The van der Waals surface area contributed by atoms with Crippen LogP contribution in [0.5, 0.6) is 0 Å². The Labute approximate surface area is 123 Å². The summed E-state index contributed by atoms with van der Waals surface area (Å²) in [5.74, 6) is -2.06. The lowest BCUT2D eigenvalue weighted by atomic mass is 9.83. The first-order valence-corrected chi connectivity index (χ1v) is 9.04. The summed E-state index contributed by atoms with van der Waals surface area (Å²) in [5.41, 5.74) is 0.129. The Hall–Kier alpha value is -1.01. The van der Waals surface area contributed by atoms with Crippen molar-refractivity contribution in [2.45, 2.75) is 43.5 Å². The zero-order valence-electron chi connectivity index (χ0n) is 11.9. The molecule has 0 spiro atoms. The molecule has 1 aliphatic rings. The molecule has 1 aliphatic carbocycles. The molecule has 6 heteroatoms. The smallest absolute Gasteiger partial charge is 0.162 e. The molecule has 0 heterocycles.